The van der Waals surface area contributed by atoms with Crippen LogP contribution in [0.25, 0.3) is 0 Å². The van der Waals surface area contributed by atoms with Gasteiger partial charge in [0.25, 0.3) is 22.9 Å². The van der Waals surface area contributed by atoms with Gasteiger partial charge in [0.1, 0.15) is 11.4 Å². The highest BCUT2D eigenvalue weighted by molar-refractivity contribution is 14.1. The van der Waals surface area contributed by atoms with Gasteiger partial charge in [-0.25, -0.2) is 0 Å². The van der Waals surface area contributed by atoms with Crippen LogP contribution >= 0.6 is 22.9 Å². The summed E-state index contributed by atoms with van der Waals surface area (Å²) in [6.45, 7) is 4.49. The van der Waals surface area contributed by atoms with E-state index >= 15 is 0 Å². The van der Waals surface area contributed by atoms with Gasteiger partial charge in [0, 0.05) is 31.7 Å². The summed E-state index contributed by atoms with van der Waals surface area (Å²) in [5.74, 6) is 0. The Hall–Kier alpha value is -1.07. The molecule has 3 rings (SSSR count). The summed E-state index contributed by atoms with van der Waals surface area (Å²) in [4.78, 5) is 2.37. The molecule has 2 nitrogen and oxygen atoms in total. The monoisotopic (exact) mass is 365 g/mol. The van der Waals surface area contributed by atoms with Gasteiger partial charge >= 0.3 is 0 Å². The van der Waals surface area contributed by atoms with Crippen LogP contribution in [0.1, 0.15) is 12.5 Å². The van der Waals surface area contributed by atoms with E-state index in [1.165, 1.54) is 22.6 Å². The van der Waals surface area contributed by atoms with Crippen LogP contribution in [0.3, 0.4) is 0 Å². The number of quaternary nitrogens is 1. The van der Waals surface area contributed by atoms with Crippen LogP contribution in [0.15, 0.2) is 48.5 Å². The molecule has 1 aliphatic heterocycles. The molecule has 0 radical (unpaired) electrons. The van der Waals surface area contributed by atoms with Crippen LogP contribution in [0.4, 0.5) is 17.1 Å². The molecule has 2 atom stereocenters. The fraction of sp³-hybridized carbons (Fsp3) is 0.250. The Bertz CT molecular complexity index is 626. The lowest BCUT2D eigenvalue weighted by Crippen LogP contribution is -2.45. The third-order valence-corrected chi connectivity index (χ3v) is 6.00. The van der Waals surface area contributed by atoms with E-state index in [-0.39, 0.29) is 0 Å². The molecule has 98 valence electrons. The van der Waals surface area contributed by atoms with Crippen LogP contribution < -0.4 is 7.60 Å². The normalized spacial score (nSPS) is 25.5. The number of halogens is 1. The first-order valence-corrected chi connectivity index (χ1v) is 7.50. The van der Waals surface area contributed by atoms with Crippen molar-refractivity contribution in [3.05, 3.63) is 54.1 Å². The van der Waals surface area contributed by atoms with Gasteiger partial charge in [0.05, 0.1) is 0 Å². The van der Waals surface area contributed by atoms with Crippen molar-refractivity contribution in [1.29, 1.82) is 0 Å². The Morgan fingerprint density at radius 2 is 1.58 bits per heavy atom. The quantitative estimate of drug-likeness (QED) is 0.519. The minimum Gasteiger partial charge on any atom is -0.320 e. The second-order valence-corrected chi connectivity index (χ2v) is 6.68. The van der Waals surface area contributed by atoms with Crippen molar-refractivity contribution in [3.8, 4) is 0 Å². The second kappa shape index (κ2) is 4.49. The number of hydrogen-bond acceptors (Lipinski definition) is 1. The Kier molecular flexibility index (Phi) is 3.06. The molecule has 0 saturated heterocycles. The third kappa shape index (κ3) is 1.71. The smallest absolute Gasteiger partial charge is 0.262 e. The highest BCUT2D eigenvalue weighted by Gasteiger charge is 2.48. The van der Waals surface area contributed by atoms with Crippen LogP contribution in [0.2, 0.25) is 0 Å². The van der Waals surface area contributed by atoms with E-state index in [4.69, 9.17) is 0 Å². The SMILES string of the molecule is Cc1ccccc1[N+]1(I)c2ccccc2N(C)[C@@H]1C. The van der Waals surface area contributed by atoms with E-state index in [1.54, 1.807) is 0 Å². The van der Waals surface area contributed by atoms with Gasteiger partial charge in [-0.15, -0.1) is 0 Å². The average molecular weight is 365 g/mol. The van der Waals surface area contributed by atoms with E-state index in [0.29, 0.717) is 6.17 Å². The molecule has 2 aromatic carbocycles. The molecule has 0 aromatic heterocycles. The maximum atomic E-state index is 2.59. The van der Waals surface area contributed by atoms with Crippen LogP contribution in [0, 0.1) is 6.92 Å². The van der Waals surface area contributed by atoms with Gasteiger partial charge in [-0.05, 0) is 13.0 Å². The zero-order chi connectivity index (χ0) is 13.6. The summed E-state index contributed by atoms with van der Waals surface area (Å²) in [6, 6.07) is 17.4. The predicted molar refractivity (Wildman–Crippen MR) is 91.0 cm³/mol. The number of nitrogens with zero attached hydrogens (tertiary/aromatic N) is 2. The second-order valence-electron chi connectivity index (χ2n) is 5.15. The number of benzene rings is 2. The molecule has 0 N–H and O–H groups in total. The maximum absolute atomic E-state index is 2.59. The Balaban J connectivity index is 2.27. The topological polar surface area (TPSA) is 3.24 Å². The predicted octanol–water partition coefficient (Wildman–Crippen LogP) is 4.78. The van der Waals surface area contributed by atoms with Crippen molar-refractivity contribution in [2.45, 2.75) is 20.0 Å². The summed E-state index contributed by atoms with van der Waals surface area (Å²) < 4.78 is 0.817. The first kappa shape index (κ1) is 12.9. The highest BCUT2D eigenvalue weighted by Crippen LogP contribution is 2.53. The Morgan fingerprint density at radius 1 is 1.00 bits per heavy atom. The molecule has 0 amide bonds. The Morgan fingerprint density at radius 3 is 2.26 bits per heavy atom. The molecule has 1 unspecified atom stereocenters. The fourth-order valence-corrected chi connectivity index (χ4v) is 4.26. The minimum absolute atomic E-state index is 0.388. The molecule has 0 fully saturated rings. The zero-order valence-electron chi connectivity index (χ0n) is 11.5. The summed E-state index contributed by atoms with van der Waals surface area (Å²) in [7, 11) is 2.18. The van der Waals surface area contributed by atoms with E-state index in [0.717, 1.165) is 2.70 Å². The van der Waals surface area contributed by atoms with Gasteiger partial charge in [-0.2, -0.15) is 2.70 Å². The van der Waals surface area contributed by atoms with Gasteiger partial charge in [-0.3, -0.25) is 0 Å². The molecular weight excluding hydrogens is 347 g/mol. The number of hydrogen-bond donors (Lipinski definition) is 0. The van der Waals surface area contributed by atoms with Gasteiger partial charge in [0.15, 0.2) is 11.9 Å². The van der Waals surface area contributed by atoms with E-state index < -0.39 is 0 Å². The van der Waals surface area contributed by atoms with Crippen molar-refractivity contribution < 1.29 is 0 Å². The van der Waals surface area contributed by atoms with Crippen molar-refractivity contribution >= 4 is 39.9 Å². The molecule has 1 heterocycles. The summed E-state index contributed by atoms with van der Waals surface area (Å²) in [5.41, 5.74) is 5.40. The highest BCUT2D eigenvalue weighted by atomic mass is 127. The van der Waals surface area contributed by atoms with E-state index in [2.05, 4.69) is 97.2 Å². The maximum Gasteiger partial charge on any atom is 0.262 e. The number of para-hydroxylation sites is 3. The lowest BCUT2D eigenvalue weighted by atomic mass is 10.1. The fourth-order valence-electron chi connectivity index (χ4n) is 2.94. The number of rotatable bonds is 1. The summed E-state index contributed by atoms with van der Waals surface area (Å²) >= 11 is 2.59. The number of fused-ring (bicyclic) bond motifs is 1. The summed E-state index contributed by atoms with van der Waals surface area (Å²) in [5, 5.41) is 0. The molecule has 1 aliphatic rings. The number of aryl methyl sites for hydroxylation is 1. The average Bonchev–Trinajstić information content (AvgIpc) is 2.63. The van der Waals surface area contributed by atoms with Crippen LogP contribution in [-0.4, -0.2) is 13.2 Å². The minimum atomic E-state index is 0.388. The van der Waals surface area contributed by atoms with Crippen LogP contribution in [-0.2, 0) is 0 Å². The molecule has 2 aromatic rings. The molecule has 3 heteroatoms. The zero-order valence-corrected chi connectivity index (χ0v) is 13.6. The van der Waals surface area contributed by atoms with Crippen LogP contribution in [0.5, 0.6) is 0 Å². The first-order valence-electron chi connectivity index (χ1n) is 6.54. The molecule has 0 bridgehead atoms. The summed E-state index contributed by atoms with van der Waals surface area (Å²) in [6.07, 6.45) is 0.388. The van der Waals surface area contributed by atoms with Crippen molar-refractivity contribution in [2.75, 3.05) is 11.9 Å². The lowest BCUT2D eigenvalue weighted by Gasteiger charge is -2.32. The van der Waals surface area contributed by atoms with E-state index in [1.807, 2.05) is 0 Å². The molecule has 0 saturated carbocycles. The molecule has 0 spiro atoms. The van der Waals surface area contributed by atoms with Gasteiger partial charge in [0.2, 0.25) is 0 Å². The molecule has 0 aliphatic carbocycles. The van der Waals surface area contributed by atoms with Crippen molar-refractivity contribution in [1.82, 2.24) is 2.70 Å². The standard InChI is InChI=1S/C16H18IN2/c1-12-8-4-6-10-15(12)19(17)13(2)18(3)14-9-5-7-11-16(14)19/h4-11,13H,1-3H3/q+1/t13-,19?/m0/s1. The van der Waals surface area contributed by atoms with Crippen molar-refractivity contribution in [2.24, 2.45) is 0 Å². The van der Waals surface area contributed by atoms with Gasteiger partial charge in [-0.1, -0.05) is 30.3 Å². The first-order chi connectivity index (χ1) is 9.06. The Labute approximate surface area is 128 Å². The lowest BCUT2D eigenvalue weighted by molar-refractivity contribution is 0.530. The molecule has 19 heavy (non-hydrogen) atoms. The molecular formula is C16H18IN2+. The number of anilines is 1. The largest absolute Gasteiger partial charge is 0.320 e. The van der Waals surface area contributed by atoms with Crippen molar-refractivity contribution in [3.63, 3.8) is 0 Å². The van der Waals surface area contributed by atoms with E-state index in [9.17, 15) is 0 Å². The van der Waals surface area contributed by atoms with Gasteiger partial charge < -0.3 is 4.90 Å². The third-order valence-electron chi connectivity index (χ3n) is 4.15.